The van der Waals surface area contributed by atoms with Gasteiger partial charge in [0.2, 0.25) is 11.8 Å². The molecule has 25 heavy (non-hydrogen) atoms. The summed E-state index contributed by atoms with van der Waals surface area (Å²) in [4.78, 5) is 30.7. The van der Waals surface area contributed by atoms with Crippen LogP contribution in [0, 0.1) is 5.92 Å². The van der Waals surface area contributed by atoms with Gasteiger partial charge in [-0.05, 0) is 30.5 Å². The van der Waals surface area contributed by atoms with E-state index in [9.17, 15) is 14.7 Å². The highest BCUT2D eigenvalue weighted by atomic mass is 16.3. The number of aromatic nitrogens is 1. The molecule has 6 heteroatoms. The van der Waals surface area contributed by atoms with Crippen molar-refractivity contribution >= 4 is 11.8 Å². The van der Waals surface area contributed by atoms with Crippen molar-refractivity contribution in [2.24, 2.45) is 5.92 Å². The maximum Gasteiger partial charge on any atom is 0.225 e. The van der Waals surface area contributed by atoms with Crippen LogP contribution in [0.1, 0.15) is 50.5 Å². The molecule has 2 N–H and O–H groups in total. The summed E-state index contributed by atoms with van der Waals surface area (Å²) in [6, 6.07) is 3.76. The number of aliphatic hydroxyl groups is 1. The van der Waals surface area contributed by atoms with Gasteiger partial charge in [-0.3, -0.25) is 14.6 Å². The lowest BCUT2D eigenvalue weighted by Gasteiger charge is -2.33. The highest BCUT2D eigenvalue weighted by Crippen LogP contribution is 2.28. The summed E-state index contributed by atoms with van der Waals surface area (Å²) in [5, 5.41) is 13.0. The van der Waals surface area contributed by atoms with E-state index in [-0.39, 0.29) is 30.8 Å². The molecule has 0 radical (unpaired) electrons. The van der Waals surface area contributed by atoms with E-state index < -0.39 is 5.54 Å². The zero-order valence-corrected chi connectivity index (χ0v) is 14.6. The average Bonchev–Trinajstić information content (AvgIpc) is 2.84. The number of pyridine rings is 1. The van der Waals surface area contributed by atoms with Crippen LogP contribution in [0.25, 0.3) is 0 Å². The molecular formula is C19H27N3O3. The normalized spacial score (nSPS) is 23.3. The first-order valence-electron chi connectivity index (χ1n) is 9.21. The Morgan fingerprint density at radius 2 is 1.92 bits per heavy atom. The Morgan fingerprint density at radius 3 is 2.56 bits per heavy atom. The summed E-state index contributed by atoms with van der Waals surface area (Å²) in [5.41, 5.74) is 0.509. The highest BCUT2D eigenvalue weighted by Gasteiger charge is 2.38. The van der Waals surface area contributed by atoms with Gasteiger partial charge < -0.3 is 15.3 Å². The van der Waals surface area contributed by atoms with Gasteiger partial charge in [-0.25, -0.2) is 0 Å². The van der Waals surface area contributed by atoms with E-state index in [1.807, 2.05) is 12.1 Å². The van der Waals surface area contributed by atoms with Crippen molar-refractivity contribution in [1.29, 1.82) is 0 Å². The van der Waals surface area contributed by atoms with Gasteiger partial charge in [0.25, 0.3) is 0 Å². The molecule has 136 valence electrons. The van der Waals surface area contributed by atoms with E-state index >= 15 is 0 Å². The number of carbonyl (C=O) groups excluding carboxylic acids is 2. The lowest BCUT2D eigenvalue weighted by atomic mass is 9.90. The number of aliphatic hydroxyl groups excluding tert-OH is 1. The van der Waals surface area contributed by atoms with E-state index in [1.54, 1.807) is 17.3 Å². The molecule has 1 saturated carbocycles. The number of rotatable bonds is 5. The van der Waals surface area contributed by atoms with E-state index in [1.165, 1.54) is 0 Å². The zero-order chi connectivity index (χ0) is 17.7. The number of likely N-dealkylation sites (tertiary alicyclic amines) is 1. The van der Waals surface area contributed by atoms with E-state index in [0.717, 1.165) is 44.1 Å². The molecule has 2 heterocycles. The summed E-state index contributed by atoms with van der Waals surface area (Å²) in [6.45, 7) is 0.922. The molecule has 1 aliphatic carbocycles. The second kappa shape index (κ2) is 7.95. The Kier molecular flexibility index (Phi) is 5.68. The Bertz CT molecular complexity index is 597. The zero-order valence-electron chi connectivity index (χ0n) is 14.6. The molecule has 3 rings (SSSR count). The maximum atomic E-state index is 12.7. The molecule has 6 nitrogen and oxygen atoms in total. The molecule has 0 bridgehead atoms. The van der Waals surface area contributed by atoms with Crippen LogP contribution >= 0.6 is 0 Å². The summed E-state index contributed by atoms with van der Waals surface area (Å²) >= 11 is 0. The number of carbonyl (C=O) groups is 2. The number of hydrogen-bond acceptors (Lipinski definition) is 4. The van der Waals surface area contributed by atoms with Crippen molar-refractivity contribution in [3.8, 4) is 0 Å². The van der Waals surface area contributed by atoms with Crippen LogP contribution in [0.15, 0.2) is 24.5 Å². The molecule has 1 atom stereocenters. The molecule has 0 spiro atoms. The second-order valence-electron chi connectivity index (χ2n) is 7.37. The van der Waals surface area contributed by atoms with Gasteiger partial charge in [-0.2, -0.15) is 0 Å². The van der Waals surface area contributed by atoms with Crippen molar-refractivity contribution in [2.75, 3.05) is 13.2 Å². The van der Waals surface area contributed by atoms with Gasteiger partial charge >= 0.3 is 0 Å². The third kappa shape index (κ3) is 4.37. The third-order valence-electron chi connectivity index (χ3n) is 5.46. The van der Waals surface area contributed by atoms with Gasteiger partial charge in [0.05, 0.1) is 18.1 Å². The maximum absolute atomic E-state index is 12.7. The number of hydrogen-bond donors (Lipinski definition) is 2. The van der Waals surface area contributed by atoms with E-state index in [0.29, 0.717) is 13.1 Å². The fourth-order valence-electron chi connectivity index (χ4n) is 3.90. The van der Waals surface area contributed by atoms with E-state index in [4.69, 9.17) is 0 Å². The van der Waals surface area contributed by atoms with Gasteiger partial charge in [0.15, 0.2) is 0 Å². The minimum atomic E-state index is -0.505. The molecule has 2 amide bonds. The van der Waals surface area contributed by atoms with Gasteiger partial charge in [0, 0.05) is 31.9 Å². The van der Waals surface area contributed by atoms with Crippen LogP contribution in [0.2, 0.25) is 0 Å². The molecule has 2 fully saturated rings. The average molecular weight is 345 g/mol. The monoisotopic (exact) mass is 345 g/mol. The minimum absolute atomic E-state index is 0.0101. The Hall–Kier alpha value is -1.95. The SMILES string of the molecule is O=C(NC1(CO)CCCCCC1)[C@H]1CC(=O)N(Cc2ccncc2)C1. The molecule has 1 aliphatic heterocycles. The fraction of sp³-hybridized carbons (Fsp3) is 0.632. The standard InChI is InChI=1S/C19H27N3O3/c23-14-19(7-3-1-2-4-8-19)21-18(25)16-11-17(24)22(13-16)12-15-5-9-20-10-6-15/h5-6,9-10,16,23H,1-4,7-8,11-14H2,(H,21,25)/t16-/m0/s1. The van der Waals surface area contributed by atoms with Crippen molar-refractivity contribution in [2.45, 2.75) is 57.0 Å². The first kappa shape index (κ1) is 17.9. The number of amides is 2. The van der Waals surface area contributed by atoms with Gasteiger partial charge in [-0.1, -0.05) is 25.7 Å². The molecule has 0 aromatic carbocycles. The van der Waals surface area contributed by atoms with Crippen LogP contribution < -0.4 is 5.32 Å². The first-order chi connectivity index (χ1) is 12.1. The Labute approximate surface area is 148 Å². The molecule has 2 aliphatic rings. The lowest BCUT2D eigenvalue weighted by Crippen LogP contribution is -2.53. The van der Waals surface area contributed by atoms with Crippen LogP contribution in [0.3, 0.4) is 0 Å². The molecule has 1 saturated heterocycles. The third-order valence-corrected chi connectivity index (χ3v) is 5.46. The van der Waals surface area contributed by atoms with Crippen molar-refractivity contribution < 1.29 is 14.7 Å². The fourth-order valence-corrected chi connectivity index (χ4v) is 3.90. The predicted octanol–water partition coefficient (Wildman–Crippen LogP) is 1.63. The molecular weight excluding hydrogens is 318 g/mol. The van der Waals surface area contributed by atoms with Crippen molar-refractivity contribution in [3.05, 3.63) is 30.1 Å². The van der Waals surface area contributed by atoms with E-state index in [2.05, 4.69) is 10.3 Å². The summed E-state index contributed by atoms with van der Waals surface area (Å²) in [6.07, 6.45) is 9.65. The highest BCUT2D eigenvalue weighted by molar-refractivity contribution is 5.89. The largest absolute Gasteiger partial charge is 0.394 e. The molecule has 0 unspecified atom stereocenters. The second-order valence-corrected chi connectivity index (χ2v) is 7.37. The Morgan fingerprint density at radius 1 is 1.24 bits per heavy atom. The quantitative estimate of drug-likeness (QED) is 0.795. The van der Waals surface area contributed by atoms with Crippen LogP contribution in [0.5, 0.6) is 0 Å². The Balaban J connectivity index is 1.60. The van der Waals surface area contributed by atoms with Crippen LogP contribution in [-0.4, -0.2) is 45.5 Å². The summed E-state index contributed by atoms with van der Waals surface area (Å²) in [5.74, 6) is -0.418. The van der Waals surface area contributed by atoms with Gasteiger partial charge in [0.1, 0.15) is 0 Å². The van der Waals surface area contributed by atoms with Gasteiger partial charge in [-0.15, -0.1) is 0 Å². The van der Waals surface area contributed by atoms with Crippen molar-refractivity contribution in [3.63, 3.8) is 0 Å². The van der Waals surface area contributed by atoms with Crippen LogP contribution in [0.4, 0.5) is 0 Å². The molecule has 1 aromatic heterocycles. The molecule has 1 aromatic rings. The predicted molar refractivity (Wildman–Crippen MR) is 93.4 cm³/mol. The number of nitrogens with one attached hydrogen (secondary N) is 1. The lowest BCUT2D eigenvalue weighted by molar-refractivity contribution is -0.130. The smallest absolute Gasteiger partial charge is 0.225 e. The summed E-state index contributed by atoms with van der Waals surface area (Å²) < 4.78 is 0. The topological polar surface area (TPSA) is 82.5 Å². The minimum Gasteiger partial charge on any atom is -0.394 e. The van der Waals surface area contributed by atoms with Crippen LogP contribution in [-0.2, 0) is 16.1 Å². The number of nitrogens with zero attached hydrogens (tertiary/aromatic N) is 2. The first-order valence-corrected chi connectivity index (χ1v) is 9.21. The summed E-state index contributed by atoms with van der Waals surface area (Å²) in [7, 11) is 0. The van der Waals surface area contributed by atoms with Crippen molar-refractivity contribution in [1.82, 2.24) is 15.2 Å².